The zero-order valence-electron chi connectivity index (χ0n) is 10.8. The first-order valence-electron chi connectivity index (χ1n) is 6.47. The van der Waals surface area contributed by atoms with Gasteiger partial charge in [0.1, 0.15) is 0 Å². The van der Waals surface area contributed by atoms with Crippen LogP contribution in [0.15, 0.2) is 24.3 Å². The molecule has 0 saturated carbocycles. The maximum atomic E-state index is 9.41. The molecule has 1 aliphatic heterocycles. The molecule has 3 N–H and O–H groups in total. The summed E-state index contributed by atoms with van der Waals surface area (Å²) in [6.07, 6.45) is 0. The third-order valence-corrected chi connectivity index (χ3v) is 3.51. The number of benzene rings is 1. The molecule has 1 fully saturated rings. The van der Waals surface area contributed by atoms with Crippen LogP contribution in [0.3, 0.4) is 0 Å². The number of aliphatic hydroxyl groups excluding tert-OH is 2. The van der Waals surface area contributed by atoms with Crippen LogP contribution < -0.4 is 5.32 Å². The van der Waals surface area contributed by atoms with E-state index in [1.165, 1.54) is 11.1 Å². The van der Waals surface area contributed by atoms with E-state index in [0.29, 0.717) is 0 Å². The Morgan fingerprint density at radius 1 is 1.33 bits per heavy atom. The fraction of sp³-hybridized carbons (Fsp3) is 0.571. The Labute approximate surface area is 108 Å². The van der Waals surface area contributed by atoms with E-state index in [9.17, 15) is 10.2 Å². The van der Waals surface area contributed by atoms with Gasteiger partial charge in [0.25, 0.3) is 0 Å². The average Bonchev–Trinajstić information content (AvgIpc) is 2.38. The second-order valence-corrected chi connectivity index (χ2v) is 5.04. The van der Waals surface area contributed by atoms with Gasteiger partial charge in [0.05, 0.1) is 13.2 Å². The van der Waals surface area contributed by atoms with Crippen LogP contribution in [-0.4, -0.2) is 53.5 Å². The number of hydrogen-bond donors (Lipinski definition) is 3. The number of nitrogens with one attached hydrogen (secondary N) is 1. The van der Waals surface area contributed by atoms with Crippen molar-refractivity contribution in [2.45, 2.75) is 25.6 Å². The molecule has 1 aromatic carbocycles. The van der Waals surface area contributed by atoms with Crippen LogP contribution in [-0.2, 0) is 6.54 Å². The van der Waals surface area contributed by atoms with Crippen molar-refractivity contribution in [2.75, 3.05) is 26.3 Å². The van der Waals surface area contributed by atoms with E-state index in [2.05, 4.69) is 41.4 Å². The molecule has 100 valence electrons. The number of piperazine rings is 1. The van der Waals surface area contributed by atoms with Gasteiger partial charge in [0.15, 0.2) is 0 Å². The third-order valence-electron chi connectivity index (χ3n) is 3.51. The quantitative estimate of drug-likeness (QED) is 0.710. The molecule has 0 aliphatic carbocycles. The first-order valence-corrected chi connectivity index (χ1v) is 6.47. The molecule has 2 rings (SSSR count). The topological polar surface area (TPSA) is 55.7 Å². The van der Waals surface area contributed by atoms with Gasteiger partial charge >= 0.3 is 0 Å². The van der Waals surface area contributed by atoms with Crippen molar-refractivity contribution >= 4 is 0 Å². The van der Waals surface area contributed by atoms with Crippen LogP contribution in [0.5, 0.6) is 0 Å². The fourth-order valence-corrected chi connectivity index (χ4v) is 2.47. The molecular weight excluding hydrogens is 228 g/mol. The number of aryl methyl sites for hydroxylation is 1. The van der Waals surface area contributed by atoms with E-state index in [1.807, 2.05) is 0 Å². The maximum Gasteiger partial charge on any atom is 0.0599 e. The highest BCUT2D eigenvalue weighted by Crippen LogP contribution is 2.13. The largest absolute Gasteiger partial charge is 0.395 e. The van der Waals surface area contributed by atoms with Crippen molar-refractivity contribution in [1.82, 2.24) is 10.2 Å². The Kier molecular flexibility index (Phi) is 4.72. The lowest BCUT2D eigenvalue weighted by Gasteiger charge is -2.39. The molecule has 0 radical (unpaired) electrons. The summed E-state index contributed by atoms with van der Waals surface area (Å²) >= 11 is 0. The van der Waals surface area contributed by atoms with Crippen molar-refractivity contribution in [2.24, 2.45) is 0 Å². The normalized spacial score (nSPS) is 25.3. The summed E-state index contributed by atoms with van der Waals surface area (Å²) < 4.78 is 0. The van der Waals surface area contributed by atoms with Gasteiger partial charge in [-0.3, -0.25) is 4.90 Å². The van der Waals surface area contributed by atoms with Gasteiger partial charge in [-0.15, -0.1) is 0 Å². The minimum Gasteiger partial charge on any atom is -0.395 e. The maximum absolute atomic E-state index is 9.41. The third kappa shape index (κ3) is 3.29. The number of nitrogens with zero attached hydrogens (tertiary/aromatic N) is 1. The van der Waals surface area contributed by atoms with Crippen LogP contribution in [0, 0.1) is 6.92 Å². The number of rotatable bonds is 4. The van der Waals surface area contributed by atoms with Crippen LogP contribution in [0.25, 0.3) is 0 Å². The molecule has 1 saturated heterocycles. The highest BCUT2D eigenvalue weighted by atomic mass is 16.3. The van der Waals surface area contributed by atoms with E-state index in [-0.39, 0.29) is 25.3 Å². The molecular formula is C14H22N2O2. The second-order valence-electron chi connectivity index (χ2n) is 5.04. The van der Waals surface area contributed by atoms with Crippen molar-refractivity contribution in [3.8, 4) is 0 Å². The number of hydrogen-bond acceptors (Lipinski definition) is 4. The zero-order valence-corrected chi connectivity index (χ0v) is 10.8. The molecule has 4 heteroatoms. The van der Waals surface area contributed by atoms with Crippen molar-refractivity contribution < 1.29 is 10.2 Å². The predicted molar refractivity (Wildman–Crippen MR) is 71.3 cm³/mol. The molecule has 2 unspecified atom stereocenters. The van der Waals surface area contributed by atoms with Crippen LogP contribution in [0.1, 0.15) is 11.1 Å². The van der Waals surface area contributed by atoms with E-state index < -0.39 is 0 Å². The lowest BCUT2D eigenvalue weighted by Crippen LogP contribution is -2.58. The summed E-state index contributed by atoms with van der Waals surface area (Å²) in [5, 5.41) is 21.9. The van der Waals surface area contributed by atoms with Gasteiger partial charge in [0.2, 0.25) is 0 Å². The second kappa shape index (κ2) is 6.29. The Hall–Kier alpha value is -0.940. The number of aliphatic hydroxyl groups is 2. The molecule has 0 amide bonds. The molecule has 1 aromatic rings. The Morgan fingerprint density at radius 3 is 2.83 bits per heavy atom. The first-order chi connectivity index (χ1) is 8.72. The summed E-state index contributed by atoms with van der Waals surface area (Å²) in [5.41, 5.74) is 2.51. The van der Waals surface area contributed by atoms with E-state index in [1.54, 1.807) is 0 Å². The molecule has 0 bridgehead atoms. The Balaban J connectivity index is 2.04. The smallest absolute Gasteiger partial charge is 0.0599 e. The average molecular weight is 250 g/mol. The molecule has 2 atom stereocenters. The molecule has 0 aromatic heterocycles. The van der Waals surface area contributed by atoms with Gasteiger partial charge in [-0.25, -0.2) is 0 Å². The van der Waals surface area contributed by atoms with E-state index in [4.69, 9.17) is 0 Å². The van der Waals surface area contributed by atoms with Crippen LogP contribution >= 0.6 is 0 Å². The van der Waals surface area contributed by atoms with Gasteiger partial charge in [0, 0.05) is 31.7 Å². The van der Waals surface area contributed by atoms with Crippen molar-refractivity contribution in [1.29, 1.82) is 0 Å². The minimum absolute atomic E-state index is 0.109. The van der Waals surface area contributed by atoms with E-state index >= 15 is 0 Å². The minimum atomic E-state index is 0.109. The first kappa shape index (κ1) is 13.5. The van der Waals surface area contributed by atoms with Crippen molar-refractivity contribution in [3.63, 3.8) is 0 Å². The fourth-order valence-electron chi connectivity index (χ4n) is 2.47. The Morgan fingerprint density at radius 2 is 2.17 bits per heavy atom. The highest BCUT2D eigenvalue weighted by Gasteiger charge is 2.26. The summed E-state index contributed by atoms with van der Waals surface area (Å²) in [6, 6.07) is 8.67. The zero-order chi connectivity index (χ0) is 13.0. The van der Waals surface area contributed by atoms with Gasteiger partial charge in [-0.05, 0) is 12.5 Å². The van der Waals surface area contributed by atoms with Crippen molar-refractivity contribution in [3.05, 3.63) is 35.4 Å². The summed E-state index contributed by atoms with van der Waals surface area (Å²) in [5.74, 6) is 0. The van der Waals surface area contributed by atoms with Gasteiger partial charge in [-0.1, -0.05) is 29.8 Å². The standard InChI is InChI=1S/C14H22N2O2/c1-11-3-2-4-12(5-11)7-16-8-13(9-17)15-6-14(16)10-18/h2-5,13-15,17-18H,6-10H2,1H3. The molecule has 4 nitrogen and oxygen atoms in total. The summed E-state index contributed by atoms with van der Waals surface area (Å²) in [6.45, 7) is 4.70. The lowest BCUT2D eigenvalue weighted by atomic mass is 10.1. The molecule has 0 spiro atoms. The molecule has 18 heavy (non-hydrogen) atoms. The van der Waals surface area contributed by atoms with Crippen LogP contribution in [0.2, 0.25) is 0 Å². The lowest BCUT2D eigenvalue weighted by molar-refractivity contribution is 0.0590. The Bertz CT molecular complexity index is 384. The summed E-state index contributed by atoms with van der Waals surface area (Å²) in [4.78, 5) is 2.24. The highest BCUT2D eigenvalue weighted by molar-refractivity contribution is 5.22. The monoisotopic (exact) mass is 250 g/mol. The van der Waals surface area contributed by atoms with Gasteiger partial charge in [-0.2, -0.15) is 0 Å². The molecule has 1 heterocycles. The SMILES string of the molecule is Cc1cccc(CN2CC(CO)NCC2CO)c1. The van der Waals surface area contributed by atoms with Gasteiger partial charge < -0.3 is 15.5 Å². The van der Waals surface area contributed by atoms with E-state index in [0.717, 1.165) is 19.6 Å². The predicted octanol–water partition coefficient (Wildman–Crippen LogP) is 0.122. The van der Waals surface area contributed by atoms with Crippen LogP contribution in [0.4, 0.5) is 0 Å². The molecule has 1 aliphatic rings. The summed E-state index contributed by atoms with van der Waals surface area (Å²) in [7, 11) is 0.